The molecule has 0 aliphatic carbocycles. The minimum absolute atomic E-state index is 0.523. The third kappa shape index (κ3) is 7.51. The lowest BCUT2D eigenvalue weighted by molar-refractivity contribution is -0.134. The lowest BCUT2D eigenvalue weighted by atomic mass is 9.98. The van der Waals surface area contributed by atoms with Gasteiger partial charge in [-0.3, -0.25) is 4.79 Å². The van der Waals surface area contributed by atoms with Gasteiger partial charge in [-0.25, -0.2) is 0 Å². The van der Waals surface area contributed by atoms with Crippen molar-refractivity contribution in [1.29, 1.82) is 0 Å². The van der Waals surface area contributed by atoms with Gasteiger partial charge in [-0.2, -0.15) is 5.48 Å². The molecule has 0 radical (unpaired) electrons. The van der Waals surface area contributed by atoms with Gasteiger partial charge in [0.2, 0.25) is 0 Å². The Labute approximate surface area is 83.2 Å². The topological polar surface area (TPSA) is 102 Å². The van der Waals surface area contributed by atoms with Crippen molar-refractivity contribution in [2.75, 3.05) is 0 Å². The summed E-state index contributed by atoms with van der Waals surface area (Å²) >= 11 is 0. The highest BCUT2D eigenvalue weighted by Gasteiger charge is 2.22. The number of carbonyl (C=O) groups is 1. The predicted octanol–water partition coefficient (Wildman–Crippen LogP) is 1.07. The number of hydroxylamine groups is 1. The quantitative estimate of drug-likeness (QED) is 0.314. The van der Waals surface area contributed by atoms with Crippen LogP contribution in [0.25, 0.3) is 0 Å². The summed E-state index contributed by atoms with van der Waals surface area (Å²) in [6.07, 6.45) is 0.608. The maximum absolute atomic E-state index is 9.00. The average Bonchev–Trinajstić information content (AvgIpc) is 2.05. The SMILES string of the molecule is CC(=O)O.CC/C(=N/O)C(C)(C)NO. The van der Waals surface area contributed by atoms with Crippen molar-refractivity contribution in [2.45, 2.75) is 39.7 Å². The largest absolute Gasteiger partial charge is 0.481 e. The van der Waals surface area contributed by atoms with Gasteiger partial charge < -0.3 is 15.5 Å². The van der Waals surface area contributed by atoms with E-state index in [-0.39, 0.29) is 0 Å². The van der Waals surface area contributed by atoms with Crippen LogP contribution in [-0.2, 0) is 4.79 Å². The molecule has 0 aromatic rings. The first-order chi connectivity index (χ1) is 6.31. The van der Waals surface area contributed by atoms with E-state index >= 15 is 0 Å². The van der Waals surface area contributed by atoms with Crippen LogP contribution < -0.4 is 5.48 Å². The van der Waals surface area contributed by atoms with Crippen LogP contribution in [0.3, 0.4) is 0 Å². The van der Waals surface area contributed by atoms with E-state index in [1.165, 1.54) is 0 Å². The van der Waals surface area contributed by atoms with Crippen LogP contribution in [0.1, 0.15) is 34.1 Å². The third-order valence-corrected chi connectivity index (χ3v) is 1.46. The summed E-state index contributed by atoms with van der Waals surface area (Å²) in [5.41, 5.74) is 1.94. The molecule has 0 atom stereocenters. The minimum atomic E-state index is -0.833. The molecule has 14 heavy (non-hydrogen) atoms. The maximum Gasteiger partial charge on any atom is 0.300 e. The fourth-order valence-corrected chi connectivity index (χ4v) is 0.702. The number of oxime groups is 1. The van der Waals surface area contributed by atoms with Crippen molar-refractivity contribution in [3.8, 4) is 0 Å². The van der Waals surface area contributed by atoms with E-state index in [0.717, 1.165) is 6.92 Å². The molecule has 0 rings (SSSR count). The Morgan fingerprint density at radius 2 is 1.86 bits per heavy atom. The fourth-order valence-electron chi connectivity index (χ4n) is 0.702. The molecular weight excluding hydrogens is 188 g/mol. The van der Waals surface area contributed by atoms with Gasteiger partial charge in [0.15, 0.2) is 0 Å². The molecule has 0 unspecified atom stereocenters. The van der Waals surface area contributed by atoms with E-state index in [9.17, 15) is 0 Å². The first-order valence-electron chi connectivity index (χ1n) is 4.14. The van der Waals surface area contributed by atoms with Gasteiger partial charge in [0, 0.05) is 6.92 Å². The number of carboxylic acids is 1. The van der Waals surface area contributed by atoms with Crippen LogP contribution in [-0.4, -0.2) is 32.7 Å². The molecule has 0 fully saturated rings. The van der Waals surface area contributed by atoms with Crippen molar-refractivity contribution in [2.24, 2.45) is 5.16 Å². The zero-order chi connectivity index (χ0) is 11.8. The Hall–Kier alpha value is -1.14. The summed E-state index contributed by atoms with van der Waals surface area (Å²) in [5.74, 6) is -0.833. The summed E-state index contributed by atoms with van der Waals surface area (Å²) in [5, 5.41) is 27.5. The number of nitrogens with zero attached hydrogens (tertiary/aromatic N) is 1. The summed E-state index contributed by atoms with van der Waals surface area (Å²) in [4.78, 5) is 9.00. The van der Waals surface area contributed by atoms with Crippen molar-refractivity contribution < 1.29 is 20.3 Å². The van der Waals surface area contributed by atoms with E-state index in [2.05, 4.69) is 10.6 Å². The Morgan fingerprint density at radius 3 is 1.93 bits per heavy atom. The van der Waals surface area contributed by atoms with Gasteiger partial charge in [0.05, 0.1) is 11.3 Å². The molecule has 84 valence electrons. The van der Waals surface area contributed by atoms with Crippen molar-refractivity contribution in [1.82, 2.24) is 5.48 Å². The van der Waals surface area contributed by atoms with Crippen LogP contribution >= 0.6 is 0 Å². The molecule has 4 N–H and O–H groups in total. The summed E-state index contributed by atoms with van der Waals surface area (Å²) in [6, 6.07) is 0. The van der Waals surface area contributed by atoms with Crippen molar-refractivity contribution >= 4 is 11.7 Å². The van der Waals surface area contributed by atoms with E-state index in [1.54, 1.807) is 13.8 Å². The zero-order valence-electron chi connectivity index (χ0n) is 8.90. The molecule has 0 saturated carbocycles. The number of carboxylic acid groups (broad SMARTS) is 1. The molecule has 0 aliphatic heterocycles. The predicted molar refractivity (Wildman–Crippen MR) is 51.8 cm³/mol. The van der Waals surface area contributed by atoms with E-state index in [0.29, 0.717) is 12.1 Å². The average molecular weight is 206 g/mol. The molecule has 0 spiro atoms. The smallest absolute Gasteiger partial charge is 0.300 e. The second-order valence-electron chi connectivity index (χ2n) is 3.16. The van der Waals surface area contributed by atoms with Gasteiger partial charge in [-0.1, -0.05) is 12.1 Å². The zero-order valence-corrected chi connectivity index (χ0v) is 8.90. The first-order valence-corrected chi connectivity index (χ1v) is 4.14. The van der Waals surface area contributed by atoms with Crippen LogP contribution in [0.2, 0.25) is 0 Å². The molecule has 0 amide bonds. The van der Waals surface area contributed by atoms with Gasteiger partial charge in [0.1, 0.15) is 0 Å². The lowest BCUT2D eigenvalue weighted by Gasteiger charge is -2.22. The second-order valence-corrected chi connectivity index (χ2v) is 3.16. The number of hydrogen-bond donors (Lipinski definition) is 4. The molecule has 0 aliphatic rings. The van der Waals surface area contributed by atoms with Gasteiger partial charge in [-0.05, 0) is 20.3 Å². The van der Waals surface area contributed by atoms with E-state index in [1.807, 2.05) is 6.92 Å². The first kappa shape index (κ1) is 15.3. The van der Waals surface area contributed by atoms with Crippen LogP contribution in [0.5, 0.6) is 0 Å². The number of hydrogen-bond acceptors (Lipinski definition) is 5. The Morgan fingerprint density at radius 1 is 1.50 bits per heavy atom. The highest BCUT2D eigenvalue weighted by Crippen LogP contribution is 2.06. The maximum atomic E-state index is 9.00. The number of nitrogens with one attached hydrogen (secondary N) is 1. The van der Waals surface area contributed by atoms with Crippen molar-refractivity contribution in [3.63, 3.8) is 0 Å². The fraction of sp³-hybridized carbons (Fsp3) is 0.750. The van der Waals surface area contributed by atoms with Crippen molar-refractivity contribution in [3.05, 3.63) is 0 Å². The Bertz CT molecular complexity index is 198. The molecule has 0 aromatic heterocycles. The monoisotopic (exact) mass is 206 g/mol. The van der Waals surface area contributed by atoms with E-state index in [4.69, 9.17) is 20.3 Å². The molecule has 6 heteroatoms. The molecule has 0 aromatic carbocycles. The molecular formula is C8H18N2O4. The standard InChI is InChI=1S/C6H14N2O2.C2H4O2/c1-4-5(7-9)6(2,3)8-10;1-2(3)4/h8-10H,4H2,1-3H3;1H3,(H,3,4)/b7-5-;. The van der Waals surface area contributed by atoms with E-state index < -0.39 is 11.5 Å². The second kappa shape index (κ2) is 7.28. The van der Waals surface area contributed by atoms with Crippen LogP contribution in [0.4, 0.5) is 0 Å². The lowest BCUT2D eigenvalue weighted by Crippen LogP contribution is -2.44. The Kier molecular flexibility index (Phi) is 7.98. The molecule has 0 heterocycles. The summed E-state index contributed by atoms with van der Waals surface area (Å²) < 4.78 is 0. The number of aliphatic carboxylic acids is 1. The summed E-state index contributed by atoms with van der Waals surface area (Å²) in [6.45, 7) is 6.39. The highest BCUT2D eigenvalue weighted by atomic mass is 16.5. The summed E-state index contributed by atoms with van der Waals surface area (Å²) in [7, 11) is 0. The normalized spacial score (nSPS) is 11.6. The minimum Gasteiger partial charge on any atom is -0.481 e. The van der Waals surface area contributed by atoms with Crippen LogP contribution in [0.15, 0.2) is 5.16 Å². The highest BCUT2D eigenvalue weighted by molar-refractivity contribution is 5.91. The molecule has 0 bridgehead atoms. The molecule has 0 saturated heterocycles. The number of rotatable bonds is 3. The van der Waals surface area contributed by atoms with Gasteiger partial charge >= 0.3 is 0 Å². The van der Waals surface area contributed by atoms with Gasteiger partial charge in [-0.15, -0.1) is 0 Å². The Balaban J connectivity index is 0. The third-order valence-electron chi connectivity index (χ3n) is 1.46. The van der Waals surface area contributed by atoms with Crippen LogP contribution in [0, 0.1) is 0 Å². The van der Waals surface area contributed by atoms with Gasteiger partial charge in [0.25, 0.3) is 5.97 Å². The molecule has 6 nitrogen and oxygen atoms in total.